The van der Waals surface area contributed by atoms with Crippen molar-refractivity contribution in [2.45, 2.75) is 165 Å². The number of carbonyl (C=O) groups excluding carboxylic acids is 6. The molecular formula is C51H72NNaO13. The Bertz CT molecular complexity index is 2000. The molecule has 2 saturated heterocycles. The van der Waals surface area contributed by atoms with E-state index in [1.54, 1.807) is 0 Å². The van der Waals surface area contributed by atoms with Crippen LogP contribution in [0.1, 0.15) is 144 Å². The molecule has 2 unspecified atom stereocenters. The summed E-state index contributed by atoms with van der Waals surface area (Å²) in [7, 11) is 0. The number of rotatable bonds is 0. The fourth-order valence-corrected chi connectivity index (χ4v) is 7.83. The Hall–Kier alpha value is -4.14. The second kappa shape index (κ2) is 31.0. The minimum Gasteiger partial charge on any atom is -0.553 e. The van der Waals surface area contributed by atoms with Crippen molar-refractivity contribution < 1.29 is 92.0 Å². The first-order chi connectivity index (χ1) is 29.7. The summed E-state index contributed by atoms with van der Waals surface area (Å²) in [5.74, 6) is 3.47. The van der Waals surface area contributed by atoms with Gasteiger partial charge >= 0.3 is 53.8 Å². The largest absolute Gasteiger partial charge is 1.00 e. The molecule has 4 aliphatic heterocycles. The number of fused-ring (bicyclic) bond motifs is 4. The number of aryl methyl sites for hydroxylation is 3. The Morgan fingerprint density at radius 2 is 1.00 bits per heavy atom. The van der Waals surface area contributed by atoms with E-state index >= 15 is 0 Å². The van der Waals surface area contributed by atoms with Crippen LogP contribution in [0, 0.1) is 32.6 Å². The van der Waals surface area contributed by atoms with Gasteiger partial charge in [0, 0.05) is 24.7 Å². The van der Waals surface area contributed by atoms with Crippen LogP contribution in [0.3, 0.4) is 0 Å². The first kappa shape index (κ1) is 63.9. The molecule has 0 aliphatic carbocycles. The SMILES string of the molecule is C.C.Cc1cc(C)c2c(c1)C=CC[C@@H]1OC(C)(C)O[C@@H]1C(C)/C=C\C[C@H](C)OC2=O.Cc1ccc2c(c1)C=CC[C@@H]1OC(C)(C)O[C@@H]1C(C)/C=C\C[C@H](C)OC2=O.O=C=O.O=C=O.[NH-]O.[Na+]. The van der Waals surface area contributed by atoms with Crippen LogP contribution in [0.2, 0.25) is 0 Å². The summed E-state index contributed by atoms with van der Waals surface area (Å²) < 4.78 is 36.0. The molecule has 14 nitrogen and oxygen atoms in total. The van der Waals surface area contributed by atoms with E-state index in [4.69, 9.17) is 58.7 Å². The van der Waals surface area contributed by atoms with E-state index < -0.39 is 11.6 Å². The second-order valence-corrected chi connectivity index (χ2v) is 16.8. The van der Waals surface area contributed by atoms with Crippen LogP contribution in [-0.2, 0) is 47.6 Å². The summed E-state index contributed by atoms with van der Waals surface area (Å²) in [6.07, 6.45) is 19.5. The average Bonchev–Trinajstić information content (AvgIpc) is 3.68. The maximum absolute atomic E-state index is 12.8. The third-order valence-corrected chi connectivity index (χ3v) is 10.4. The zero-order chi connectivity index (χ0) is 47.5. The molecule has 66 heavy (non-hydrogen) atoms. The predicted octanol–water partition coefficient (Wildman–Crippen LogP) is 7.96. The molecule has 2 fully saturated rings. The molecule has 2 aromatic carbocycles. The van der Waals surface area contributed by atoms with Gasteiger partial charge < -0.3 is 39.5 Å². The number of hydrogen-bond donors (Lipinski definition) is 1. The minimum atomic E-state index is -0.587. The summed E-state index contributed by atoms with van der Waals surface area (Å²) in [6.45, 7) is 22.0. The summed E-state index contributed by atoms with van der Waals surface area (Å²) >= 11 is 0. The molecule has 8 atom stereocenters. The molecule has 0 bridgehead atoms. The number of esters is 2. The zero-order valence-electron chi connectivity index (χ0n) is 39.3. The minimum absolute atomic E-state index is 0. The van der Waals surface area contributed by atoms with Crippen LogP contribution in [0.25, 0.3) is 18.0 Å². The van der Waals surface area contributed by atoms with Gasteiger partial charge in [0.2, 0.25) is 0 Å². The molecule has 360 valence electrons. The van der Waals surface area contributed by atoms with Gasteiger partial charge in [-0.15, -0.1) is 0 Å². The topological polar surface area (TPSA) is 202 Å². The van der Waals surface area contributed by atoms with Gasteiger partial charge in [-0.05, 0) is 97.9 Å². The molecule has 6 rings (SSSR count). The number of carbonyl (C=O) groups is 2. The Morgan fingerprint density at radius 1 is 0.591 bits per heavy atom. The quantitative estimate of drug-likeness (QED) is 0.116. The summed E-state index contributed by atoms with van der Waals surface area (Å²) in [4.78, 5) is 57.9. The van der Waals surface area contributed by atoms with Crippen LogP contribution < -0.4 is 29.6 Å². The number of ether oxygens (including phenoxy) is 6. The van der Waals surface area contributed by atoms with Gasteiger partial charge in [-0.1, -0.05) is 113 Å². The van der Waals surface area contributed by atoms with Crippen molar-refractivity contribution in [1.82, 2.24) is 0 Å². The second-order valence-electron chi connectivity index (χ2n) is 16.8. The number of nitrogens with one attached hydrogen (secondary N) is 1. The third-order valence-electron chi connectivity index (χ3n) is 10.4. The van der Waals surface area contributed by atoms with Crippen molar-refractivity contribution in [2.24, 2.45) is 11.8 Å². The van der Waals surface area contributed by atoms with E-state index in [2.05, 4.69) is 50.3 Å². The van der Waals surface area contributed by atoms with Crippen molar-refractivity contribution >= 4 is 36.4 Å². The standard InChI is InChI=1S/C24H32O4.C23H30O4.2CO2.2CH4.H2NO.Na/c1-15-13-17(3)21-19(14-15)11-8-12-20-22(28-24(5,6)27-20)16(2)9-7-10-18(4)26-23(21)25;1-15-12-13-19-18(14-15)10-7-11-20-21(27-23(4,5)26-20)16(2)8-6-9-17(3)25-22(19)24;2*2-1-3;;;1-2;/h7-9,11,13-14,16,18,20,22H,10,12H2,1-6H3;6-8,10,12-14,16-17,20-21H,9,11H2,1-5H3;;;2*1H4;1-2H;/q;;;;;;-1;+1/b9-7-,11-8?;8-6-,10-7?;;;;;;/t16?,18-,20-,22+;16?,17-,20-,21+;;;;;;/m00....../s1. The zero-order valence-corrected chi connectivity index (χ0v) is 41.3. The molecule has 0 amide bonds. The molecule has 0 radical (unpaired) electrons. The van der Waals surface area contributed by atoms with Crippen molar-refractivity contribution in [1.29, 1.82) is 0 Å². The Morgan fingerprint density at radius 3 is 1.45 bits per heavy atom. The number of benzene rings is 2. The first-order valence-electron chi connectivity index (χ1n) is 21.0. The van der Waals surface area contributed by atoms with Gasteiger partial charge in [0.05, 0.1) is 35.5 Å². The van der Waals surface area contributed by atoms with Crippen molar-refractivity contribution in [2.75, 3.05) is 0 Å². The van der Waals surface area contributed by atoms with Gasteiger partial charge in [0.15, 0.2) is 11.6 Å². The van der Waals surface area contributed by atoms with Crippen LogP contribution in [0.5, 0.6) is 0 Å². The Kier molecular flexibility index (Phi) is 30.0. The predicted molar refractivity (Wildman–Crippen MR) is 247 cm³/mol. The first-order valence-corrected chi connectivity index (χ1v) is 21.0. The normalized spacial score (nSPS) is 26.8. The molecule has 2 aromatic rings. The monoisotopic (exact) mass is 929 g/mol. The van der Waals surface area contributed by atoms with Gasteiger partial charge in [0.1, 0.15) is 12.2 Å². The van der Waals surface area contributed by atoms with Crippen LogP contribution in [0.4, 0.5) is 0 Å². The molecule has 4 aliphatic rings. The molecule has 2 N–H and O–H groups in total. The van der Waals surface area contributed by atoms with E-state index in [-0.39, 0.29) is 117 Å². The van der Waals surface area contributed by atoms with E-state index in [0.29, 0.717) is 24.0 Å². The van der Waals surface area contributed by atoms with E-state index in [9.17, 15) is 9.59 Å². The molecule has 4 heterocycles. The molecule has 0 saturated carbocycles. The molecule has 0 aromatic heterocycles. The summed E-state index contributed by atoms with van der Waals surface area (Å²) in [5.41, 5.74) is 6.18. The van der Waals surface area contributed by atoms with Gasteiger partial charge in [-0.2, -0.15) is 19.2 Å². The van der Waals surface area contributed by atoms with E-state index in [1.165, 1.54) is 0 Å². The Balaban J connectivity index is 0. The summed E-state index contributed by atoms with van der Waals surface area (Å²) in [6, 6.07) is 9.85. The van der Waals surface area contributed by atoms with E-state index in [1.807, 2.05) is 105 Å². The van der Waals surface area contributed by atoms with Gasteiger partial charge in [-0.3, -0.25) is 0 Å². The molecule has 0 spiro atoms. The van der Waals surface area contributed by atoms with Crippen LogP contribution in [0.15, 0.2) is 66.8 Å². The van der Waals surface area contributed by atoms with Gasteiger partial charge in [-0.25, -0.2) is 9.59 Å². The van der Waals surface area contributed by atoms with Crippen LogP contribution in [-0.4, -0.2) is 77.6 Å². The average molecular weight is 930 g/mol. The van der Waals surface area contributed by atoms with E-state index in [0.717, 1.165) is 40.7 Å². The summed E-state index contributed by atoms with van der Waals surface area (Å²) in [5, 5.41) is 6.25. The van der Waals surface area contributed by atoms with Crippen molar-refractivity contribution in [3.05, 3.63) is 112 Å². The fraction of sp³-hybridized carbons (Fsp3) is 0.529. The maximum Gasteiger partial charge on any atom is 1.00 e. The maximum atomic E-state index is 12.8. The number of cyclic esters (lactones) is 2. The van der Waals surface area contributed by atoms with Crippen molar-refractivity contribution in [3.63, 3.8) is 0 Å². The fourth-order valence-electron chi connectivity index (χ4n) is 7.83. The van der Waals surface area contributed by atoms with Crippen LogP contribution >= 0.6 is 0 Å². The van der Waals surface area contributed by atoms with Crippen molar-refractivity contribution in [3.8, 4) is 0 Å². The third kappa shape index (κ3) is 20.4. The number of hydrogen-bond acceptors (Lipinski definition) is 13. The Labute approximate surface area is 414 Å². The molecular weight excluding hydrogens is 858 g/mol. The smallest absolute Gasteiger partial charge is 0.553 e. The van der Waals surface area contributed by atoms with Gasteiger partial charge in [0.25, 0.3) is 0 Å². The molecule has 15 heteroatoms.